The predicted octanol–water partition coefficient (Wildman–Crippen LogP) is 1.68. The first-order chi connectivity index (χ1) is 16.2. The Hall–Kier alpha value is -3.07. The highest BCUT2D eigenvalue weighted by atomic mass is 16.6. The van der Waals surface area contributed by atoms with E-state index in [-0.39, 0.29) is 37.1 Å². The minimum atomic E-state index is -1.68. The number of nitrogens with one attached hydrogen (secondary N) is 1. The van der Waals surface area contributed by atoms with Gasteiger partial charge < -0.3 is 25.0 Å². The van der Waals surface area contributed by atoms with Crippen LogP contribution in [0.1, 0.15) is 58.6 Å². The average Bonchev–Trinajstić information content (AvgIpc) is 3.24. The molecule has 0 bridgehead atoms. The van der Waals surface area contributed by atoms with Crippen molar-refractivity contribution in [1.29, 1.82) is 5.26 Å². The molecule has 0 radical (unpaired) electrons. The van der Waals surface area contributed by atoms with Gasteiger partial charge in [-0.05, 0) is 24.5 Å². The molecule has 3 rings (SSSR count). The number of unbranched alkanes of at least 4 members (excludes halogenated alkanes) is 1. The van der Waals surface area contributed by atoms with Crippen LogP contribution in [-0.2, 0) is 24.7 Å². The second-order valence-corrected chi connectivity index (χ2v) is 8.91. The molecule has 1 fully saturated rings. The van der Waals surface area contributed by atoms with Crippen LogP contribution in [0.5, 0.6) is 0 Å². The number of aromatic nitrogens is 3. The van der Waals surface area contributed by atoms with Gasteiger partial charge in [0, 0.05) is 19.3 Å². The monoisotopic (exact) mass is 473 g/mol. The molecule has 0 spiro atoms. The minimum absolute atomic E-state index is 0.0944. The van der Waals surface area contributed by atoms with Crippen molar-refractivity contribution in [2.45, 2.75) is 76.8 Å². The molecule has 3 heterocycles. The number of ether oxygens (including phenoxy) is 2. The molecular formula is C23H31N5O6. The third-order valence-electron chi connectivity index (χ3n) is 5.67. The van der Waals surface area contributed by atoms with E-state index in [1.807, 2.05) is 20.8 Å². The molecule has 0 aromatic carbocycles. The lowest BCUT2D eigenvalue weighted by molar-refractivity contribution is -0.215. The first-order valence-electron chi connectivity index (χ1n) is 11.4. The van der Waals surface area contributed by atoms with Gasteiger partial charge >= 0.3 is 5.97 Å². The molecule has 0 aliphatic carbocycles. The van der Waals surface area contributed by atoms with Crippen LogP contribution in [0.2, 0.25) is 0 Å². The van der Waals surface area contributed by atoms with Crippen LogP contribution in [0.15, 0.2) is 18.5 Å². The van der Waals surface area contributed by atoms with Crippen molar-refractivity contribution in [3.05, 3.63) is 24.2 Å². The summed E-state index contributed by atoms with van der Waals surface area (Å²) in [6.45, 7) is 5.42. The second-order valence-electron chi connectivity index (χ2n) is 8.91. The molecule has 0 unspecified atom stereocenters. The predicted molar refractivity (Wildman–Crippen MR) is 120 cm³/mol. The van der Waals surface area contributed by atoms with E-state index in [1.165, 1.54) is 10.8 Å². The van der Waals surface area contributed by atoms with Crippen molar-refractivity contribution in [1.82, 2.24) is 14.6 Å². The Morgan fingerprint density at radius 3 is 2.85 bits per heavy atom. The van der Waals surface area contributed by atoms with Crippen LogP contribution < -0.4 is 5.32 Å². The number of carbonyl (C=O) groups is 2. The SMILES string of the molecule is CCCCC(=O)Nc1ncnn2c([C@@]3(C#N)C[C@H](O)[C@H](O)[C@@H](COC(=O)CC(C)C)O3)ccc12. The summed E-state index contributed by atoms with van der Waals surface area (Å²) in [5.41, 5.74) is -0.945. The molecular weight excluding hydrogens is 442 g/mol. The van der Waals surface area contributed by atoms with Gasteiger partial charge in [-0.15, -0.1) is 0 Å². The van der Waals surface area contributed by atoms with Crippen molar-refractivity contribution < 1.29 is 29.3 Å². The first kappa shape index (κ1) is 25.6. The van der Waals surface area contributed by atoms with Crippen LogP contribution >= 0.6 is 0 Å². The molecule has 11 heteroatoms. The molecule has 2 aromatic rings. The number of rotatable bonds is 9. The number of esters is 1. The van der Waals surface area contributed by atoms with Crippen LogP contribution in [0, 0.1) is 17.2 Å². The van der Waals surface area contributed by atoms with Gasteiger partial charge in [0.2, 0.25) is 5.91 Å². The Labute approximate surface area is 197 Å². The van der Waals surface area contributed by atoms with E-state index in [2.05, 4.69) is 21.5 Å². The van der Waals surface area contributed by atoms with E-state index in [9.17, 15) is 25.1 Å². The summed E-state index contributed by atoms with van der Waals surface area (Å²) in [5.74, 6) is -0.267. The largest absolute Gasteiger partial charge is 0.463 e. The number of carbonyl (C=O) groups excluding carboxylic acids is 2. The maximum atomic E-state index is 12.2. The molecule has 2 aromatic heterocycles. The molecule has 11 nitrogen and oxygen atoms in total. The van der Waals surface area contributed by atoms with Crippen molar-refractivity contribution in [3.8, 4) is 6.07 Å². The number of nitrogens with zero attached hydrogens (tertiary/aromatic N) is 4. The summed E-state index contributed by atoms with van der Waals surface area (Å²) in [6.07, 6.45) is -0.578. The van der Waals surface area contributed by atoms with Gasteiger partial charge in [0.15, 0.2) is 11.4 Å². The minimum Gasteiger partial charge on any atom is -0.463 e. The van der Waals surface area contributed by atoms with Crippen molar-refractivity contribution >= 4 is 23.2 Å². The number of hydrogen-bond donors (Lipinski definition) is 3. The zero-order valence-electron chi connectivity index (χ0n) is 19.6. The van der Waals surface area contributed by atoms with E-state index < -0.39 is 29.9 Å². The third kappa shape index (κ3) is 5.52. The fourth-order valence-electron chi connectivity index (χ4n) is 3.90. The summed E-state index contributed by atoms with van der Waals surface area (Å²) in [6, 6.07) is 5.34. The number of aliphatic hydroxyl groups excluding tert-OH is 2. The fraction of sp³-hybridized carbons (Fsp3) is 0.609. The number of fused-ring (bicyclic) bond motifs is 1. The summed E-state index contributed by atoms with van der Waals surface area (Å²) >= 11 is 0. The van der Waals surface area contributed by atoms with Gasteiger partial charge in [0.1, 0.15) is 36.7 Å². The van der Waals surface area contributed by atoms with Crippen molar-refractivity contribution in [2.24, 2.45) is 5.92 Å². The number of anilines is 1. The molecule has 3 N–H and O–H groups in total. The molecule has 0 saturated carbocycles. The van der Waals surface area contributed by atoms with Crippen LogP contribution in [0.25, 0.3) is 5.52 Å². The second kappa shape index (κ2) is 10.9. The molecule has 1 saturated heterocycles. The maximum Gasteiger partial charge on any atom is 0.306 e. The molecule has 1 aliphatic heterocycles. The van der Waals surface area contributed by atoms with Gasteiger partial charge in [0.05, 0.1) is 11.8 Å². The lowest BCUT2D eigenvalue weighted by atomic mass is 9.86. The van der Waals surface area contributed by atoms with E-state index in [0.29, 0.717) is 17.6 Å². The Balaban J connectivity index is 1.88. The normalized spacial score (nSPS) is 24.7. The third-order valence-corrected chi connectivity index (χ3v) is 5.67. The number of hydrogen-bond acceptors (Lipinski definition) is 9. The first-order valence-corrected chi connectivity index (χ1v) is 11.4. The lowest BCUT2D eigenvalue weighted by Crippen LogP contribution is -2.54. The van der Waals surface area contributed by atoms with Crippen LogP contribution in [0.4, 0.5) is 5.82 Å². The van der Waals surface area contributed by atoms with Gasteiger partial charge in [-0.1, -0.05) is 27.2 Å². The van der Waals surface area contributed by atoms with E-state index in [1.54, 1.807) is 12.1 Å². The van der Waals surface area contributed by atoms with Crippen molar-refractivity contribution in [3.63, 3.8) is 0 Å². The molecule has 4 atom stereocenters. The summed E-state index contributed by atoms with van der Waals surface area (Å²) in [4.78, 5) is 28.3. The zero-order valence-corrected chi connectivity index (χ0v) is 19.6. The van der Waals surface area contributed by atoms with Crippen LogP contribution in [0.3, 0.4) is 0 Å². The highest BCUT2D eigenvalue weighted by molar-refractivity contribution is 5.93. The van der Waals surface area contributed by atoms with Crippen molar-refractivity contribution in [2.75, 3.05) is 11.9 Å². The van der Waals surface area contributed by atoms with Gasteiger partial charge in [0.25, 0.3) is 0 Å². The summed E-state index contributed by atoms with van der Waals surface area (Å²) < 4.78 is 12.6. The van der Waals surface area contributed by atoms with Gasteiger partial charge in [-0.3, -0.25) is 9.59 Å². The highest BCUT2D eigenvalue weighted by Crippen LogP contribution is 2.39. The highest BCUT2D eigenvalue weighted by Gasteiger charge is 2.50. The molecule has 184 valence electrons. The van der Waals surface area contributed by atoms with Gasteiger partial charge in [-0.25, -0.2) is 9.50 Å². The Bertz CT molecular complexity index is 1060. The van der Waals surface area contributed by atoms with Crippen LogP contribution in [-0.4, -0.2) is 61.6 Å². The topological polar surface area (TPSA) is 159 Å². The summed E-state index contributed by atoms with van der Waals surface area (Å²) in [7, 11) is 0. The zero-order chi connectivity index (χ0) is 24.9. The number of nitriles is 1. The van der Waals surface area contributed by atoms with E-state index in [4.69, 9.17) is 9.47 Å². The quantitative estimate of drug-likeness (QED) is 0.460. The van der Waals surface area contributed by atoms with Gasteiger partial charge in [-0.2, -0.15) is 10.4 Å². The Morgan fingerprint density at radius 2 is 2.18 bits per heavy atom. The Kier molecular flexibility index (Phi) is 8.19. The lowest BCUT2D eigenvalue weighted by Gasteiger charge is -2.41. The molecule has 34 heavy (non-hydrogen) atoms. The Morgan fingerprint density at radius 1 is 1.41 bits per heavy atom. The maximum absolute atomic E-state index is 12.2. The molecule has 1 aliphatic rings. The summed E-state index contributed by atoms with van der Waals surface area (Å²) in [5, 5.41) is 38.0. The average molecular weight is 474 g/mol. The standard InChI is InChI=1S/C23H31N5O6/c1-4-5-6-19(30)27-22-15-7-8-18(28(15)26-13-25-22)23(12-24)10-16(29)21(32)17(34-23)11-33-20(31)9-14(2)3/h7-8,13-14,16-17,21,29,32H,4-6,9-11H2,1-3H3,(H,25,26,27,30)/t16-,17+,21-,23-/m0/s1. The fourth-order valence-corrected chi connectivity index (χ4v) is 3.90. The molecule has 1 amide bonds. The number of amides is 1. The van der Waals surface area contributed by atoms with E-state index in [0.717, 1.165) is 12.8 Å². The number of aliphatic hydroxyl groups is 2. The smallest absolute Gasteiger partial charge is 0.306 e. The van der Waals surface area contributed by atoms with E-state index >= 15 is 0 Å².